The number of rotatable bonds is 4. The lowest BCUT2D eigenvalue weighted by molar-refractivity contribution is 0.102. The first-order chi connectivity index (χ1) is 10.2. The summed E-state index contributed by atoms with van der Waals surface area (Å²) in [5, 5.41) is 2.86. The minimum atomic E-state index is -0.178. The van der Waals surface area contributed by atoms with Crippen LogP contribution < -0.4 is 5.32 Å². The Balaban J connectivity index is 1.61. The predicted octanol–water partition coefficient (Wildman–Crippen LogP) is 3.89. The number of nitrogens with one attached hydrogen (secondary N) is 1. The fourth-order valence-corrected chi connectivity index (χ4v) is 2.97. The topological polar surface area (TPSA) is 45.5 Å². The summed E-state index contributed by atoms with van der Waals surface area (Å²) in [7, 11) is 0. The first-order valence-corrected chi connectivity index (χ1v) is 7.87. The summed E-state index contributed by atoms with van der Waals surface area (Å²) in [6.45, 7) is 3.36. The number of carbonyl (C=O) groups is 1. The molecule has 0 spiro atoms. The van der Waals surface area contributed by atoms with Gasteiger partial charge in [0.25, 0.3) is 5.91 Å². The van der Waals surface area contributed by atoms with Crippen molar-refractivity contribution in [2.24, 2.45) is 0 Å². The Morgan fingerprint density at radius 3 is 2.52 bits per heavy atom. The Bertz CT molecular complexity index is 615. The van der Waals surface area contributed by atoms with Gasteiger partial charge in [-0.1, -0.05) is 12.1 Å². The van der Waals surface area contributed by atoms with Crippen LogP contribution in [0.3, 0.4) is 0 Å². The van der Waals surface area contributed by atoms with Crippen LogP contribution in [0.2, 0.25) is 0 Å². The molecule has 0 aliphatic carbocycles. The quantitative estimate of drug-likeness (QED) is 0.911. The molecule has 2 aromatic rings. The van der Waals surface area contributed by atoms with Crippen LogP contribution >= 0.6 is 15.9 Å². The molecule has 110 valence electrons. The first-order valence-electron chi connectivity index (χ1n) is 7.08. The molecule has 1 amide bonds. The molecule has 1 aromatic heterocycles. The Labute approximate surface area is 132 Å². The molecule has 1 fully saturated rings. The molecule has 0 radical (unpaired) electrons. The standard InChI is InChI=1S/C16H17BrN2O2/c17-15-14(7-10-21-15)16(20)18-13-5-3-12(4-6-13)11-19-8-1-2-9-19/h3-7,10H,1-2,8-9,11H2,(H,18,20). The Hall–Kier alpha value is -1.59. The van der Waals surface area contributed by atoms with Gasteiger partial charge in [0.15, 0.2) is 4.67 Å². The van der Waals surface area contributed by atoms with Crippen LogP contribution in [0.25, 0.3) is 0 Å². The molecule has 3 rings (SSSR count). The van der Waals surface area contributed by atoms with Crippen molar-refractivity contribution in [2.45, 2.75) is 19.4 Å². The van der Waals surface area contributed by atoms with Gasteiger partial charge in [-0.15, -0.1) is 0 Å². The van der Waals surface area contributed by atoms with E-state index in [4.69, 9.17) is 4.42 Å². The summed E-state index contributed by atoms with van der Waals surface area (Å²) in [6.07, 6.45) is 4.08. The molecule has 5 heteroatoms. The van der Waals surface area contributed by atoms with E-state index in [0.717, 1.165) is 12.2 Å². The van der Waals surface area contributed by atoms with E-state index < -0.39 is 0 Å². The highest BCUT2D eigenvalue weighted by molar-refractivity contribution is 9.10. The van der Waals surface area contributed by atoms with E-state index in [-0.39, 0.29) is 5.91 Å². The third kappa shape index (κ3) is 3.54. The molecule has 21 heavy (non-hydrogen) atoms. The lowest BCUT2D eigenvalue weighted by Crippen LogP contribution is -2.18. The van der Waals surface area contributed by atoms with Crippen LogP contribution in [0.15, 0.2) is 45.7 Å². The number of hydrogen-bond acceptors (Lipinski definition) is 3. The Morgan fingerprint density at radius 1 is 1.19 bits per heavy atom. The predicted molar refractivity (Wildman–Crippen MR) is 85.3 cm³/mol. The number of carbonyl (C=O) groups excluding carboxylic acids is 1. The van der Waals surface area contributed by atoms with Crippen molar-refractivity contribution in [2.75, 3.05) is 18.4 Å². The molecule has 1 N–H and O–H groups in total. The maximum absolute atomic E-state index is 12.1. The second-order valence-electron chi connectivity index (χ2n) is 5.24. The second kappa shape index (κ2) is 6.45. The van der Waals surface area contributed by atoms with E-state index in [1.54, 1.807) is 6.07 Å². The molecule has 2 heterocycles. The number of furan rings is 1. The maximum Gasteiger partial charge on any atom is 0.260 e. The van der Waals surface area contributed by atoms with E-state index in [1.165, 1.54) is 37.8 Å². The van der Waals surface area contributed by atoms with Crippen molar-refractivity contribution in [1.82, 2.24) is 4.90 Å². The average molecular weight is 349 g/mol. The van der Waals surface area contributed by atoms with Crippen LogP contribution in [0.5, 0.6) is 0 Å². The fourth-order valence-electron chi connectivity index (χ4n) is 2.55. The highest BCUT2D eigenvalue weighted by Gasteiger charge is 2.13. The van der Waals surface area contributed by atoms with Crippen LogP contribution in [0.4, 0.5) is 5.69 Å². The average Bonchev–Trinajstić information content (AvgIpc) is 3.12. The van der Waals surface area contributed by atoms with Crippen molar-refractivity contribution in [1.29, 1.82) is 0 Å². The maximum atomic E-state index is 12.1. The summed E-state index contributed by atoms with van der Waals surface area (Å²) in [5.41, 5.74) is 2.56. The van der Waals surface area contributed by atoms with Crippen molar-refractivity contribution in [3.05, 3.63) is 52.4 Å². The Kier molecular flexibility index (Phi) is 4.41. The zero-order chi connectivity index (χ0) is 14.7. The molecular formula is C16H17BrN2O2. The molecule has 1 saturated heterocycles. The van der Waals surface area contributed by atoms with Crippen molar-refractivity contribution < 1.29 is 9.21 Å². The van der Waals surface area contributed by atoms with Crippen molar-refractivity contribution in [3.8, 4) is 0 Å². The second-order valence-corrected chi connectivity index (χ2v) is 5.96. The largest absolute Gasteiger partial charge is 0.457 e. The third-order valence-corrected chi connectivity index (χ3v) is 4.29. The number of likely N-dealkylation sites (tertiary alicyclic amines) is 1. The van der Waals surface area contributed by atoms with Crippen molar-refractivity contribution in [3.63, 3.8) is 0 Å². The Morgan fingerprint density at radius 2 is 1.90 bits per heavy atom. The molecule has 0 unspecified atom stereocenters. The van der Waals surface area contributed by atoms with E-state index in [0.29, 0.717) is 10.2 Å². The molecule has 0 saturated carbocycles. The lowest BCUT2D eigenvalue weighted by Gasteiger charge is -2.14. The van der Waals surface area contributed by atoms with E-state index in [1.807, 2.05) is 12.1 Å². The van der Waals surface area contributed by atoms with Gasteiger partial charge in [-0.25, -0.2) is 0 Å². The first kappa shape index (κ1) is 14.4. The van der Waals surface area contributed by atoms with Gasteiger partial charge in [0.2, 0.25) is 0 Å². The monoisotopic (exact) mass is 348 g/mol. The van der Waals surface area contributed by atoms with Crippen LogP contribution in [-0.4, -0.2) is 23.9 Å². The number of hydrogen-bond donors (Lipinski definition) is 1. The van der Waals surface area contributed by atoms with Gasteiger partial charge in [0.1, 0.15) is 0 Å². The number of anilines is 1. The summed E-state index contributed by atoms with van der Waals surface area (Å²) in [6, 6.07) is 9.66. The zero-order valence-electron chi connectivity index (χ0n) is 11.6. The molecule has 1 aromatic carbocycles. The number of benzene rings is 1. The smallest absolute Gasteiger partial charge is 0.260 e. The van der Waals surface area contributed by atoms with Gasteiger partial charge in [-0.3, -0.25) is 9.69 Å². The van der Waals surface area contributed by atoms with Crippen molar-refractivity contribution >= 4 is 27.5 Å². The van der Waals surface area contributed by atoms with Crippen LogP contribution in [-0.2, 0) is 6.54 Å². The molecule has 1 aliphatic rings. The fraction of sp³-hybridized carbons (Fsp3) is 0.312. The van der Waals surface area contributed by atoms with E-state index in [9.17, 15) is 4.79 Å². The zero-order valence-corrected chi connectivity index (χ0v) is 13.2. The third-order valence-electron chi connectivity index (χ3n) is 3.68. The van der Waals surface area contributed by atoms with E-state index >= 15 is 0 Å². The van der Waals surface area contributed by atoms with Gasteiger partial charge in [-0.2, -0.15) is 0 Å². The summed E-state index contributed by atoms with van der Waals surface area (Å²) in [4.78, 5) is 14.5. The van der Waals surface area contributed by atoms with Gasteiger partial charge in [-0.05, 0) is 65.6 Å². The summed E-state index contributed by atoms with van der Waals surface area (Å²) in [5.74, 6) is -0.178. The summed E-state index contributed by atoms with van der Waals surface area (Å²) < 4.78 is 5.52. The molecular weight excluding hydrogens is 332 g/mol. The molecule has 4 nitrogen and oxygen atoms in total. The molecule has 0 bridgehead atoms. The SMILES string of the molecule is O=C(Nc1ccc(CN2CCCC2)cc1)c1ccoc1Br. The number of nitrogens with zero attached hydrogens (tertiary/aromatic N) is 1. The lowest BCUT2D eigenvalue weighted by atomic mass is 10.2. The number of amides is 1. The summed E-state index contributed by atoms with van der Waals surface area (Å²) >= 11 is 3.21. The normalized spacial score (nSPS) is 15.3. The van der Waals surface area contributed by atoms with Gasteiger partial charge in [0.05, 0.1) is 11.8 Å². The molecule has 1 aliphatic heterocycles. The minimum Gasteiger partial charge on any atom is -0.457 e. The number of halogens is 1. The van der Waals surface area contributed by atoms with Gasteiger partial charge < -0.3 is 9.73 Å². The molecule has 0 atom stereocenters. The highest BCUT2D eigenvalue weighted by Crippen LogP contribution is 2.20. The van der Waals surface area contributed by atoms with Crippen LogP contribution in [0, 0.1) is 0 Å². The van der Waals surface area contributed by atoms with Gasteiger partial charge in [0, 0.05) is 12.2 Å². The van der Waals surface area contributed by atoms with E-state index in [2.05, 4.69) is 38.3 Å². The van der Waals surface area contributed by atoms with Gasteiger partial charge >= 0.3 is 0 Å². The van der Waals surface area contributed by atoms with Crippen LogP contribution in [0.1, 0.15) is 28.8 Å². The minimum absolute atomic E-state index is 0.178. The highest BCUT2D eigenvalue weighted by atomic mass is 79.9.